The summed E-state index contributed by atoms with van der Waals surface area (Å²) in [6.07, 6.45) is 7.01. The van der Waals surface area contributed by atoms with E-state index in [-0.39, 0.29) is 11.9 Å². The minimum atomic E-state index is -0.773. The number of carboxylic acids is 1. The Kier molecular flexibility index (Phi) is 5.26. The number of piperidine rings is 1. The summed E-state index contributed by atoms with van der Waals surface area (Å²) in [7, 11) is 0. The van der Waals surface area contributed by atoms with Gasteiger partial charge in [-0.2, -0.15) is 0 Å². The first-order chi connectivity index (χ1) is 9.63. The molecule has 2 atom stereocenters. The van der Waals surface area contributed by atoms with Crippen LogP contribution in [0.1, 0.15) is 51.9 Å². The Labute approximate surface area is 120 Å². The van der Waals surface area contributed by atoms with Gasteiger partial charge in [0.25, 0.3) is 0 Å². The molecule has 5 nitrogen and oxygen atoms in total. The summed E-state index contributed by atoms with van der Waals surface area (Å²) in [6.45, 7) is 4.04. The summed E-state index contributed by atoms with van der Waals surface area (Å²) in [5.41, 5.74) is 0. The summed E-state index contributed by atoms with van der Waals surface area (Å²) in [4.78, 5) is 27.6. The number of rotatable bonds is 2. The maximum absolute atomic E-state index is 12.7. The van der Waals surface area contributed by atoms with Crippen molar-refractivity contribution in [3.8, 4) is 0 Å². The van der Waals surface area contributed by atoms with Gasteiger partial charge in [-0.25, -0.2) is 4.79 Å². The number of aliphatic carboxylic acids is 1. The van der Waals surface area contributed by atoms with Gasteiger partial charge in [-0.15, -0.1) is 0 Å². The lowest BCUT2D eigenvalue weighted by Crippen LogP contribution is -2.51. The Hall–Kier alpha value is -1.26. The summed E-state index contributed by atoms with van der Waals surface area (Å²) >= 11 is 0. The first kappa shape index (κ1) is 15.1. The zero-order chi connectivity index (χ0) is 14.5. The minimum absolute atomic E-state index is 0.0599. The van der Waals surface area contributed by atoms with Gasteiger partial charge in [-0.1, -0.05) is 19.8 Å². The van der Waals surface area contributed by atoms with Crippen LogP contribution in [0.15, 0.2) is 0 Å². The van der Waals surface area contributed by atoms with Crippen molar-refractivity contribution in [2.75, 3.05) is 19.6 Å². The van der Waals surface area contributed by atoms with E-state index in [0.717, 1.165) is 32.2 Å². The Balaban J connectivity index is 2.02. The molecule has 0 aromatic rings. The second-order valence-corrected chi connectivity index (χ2v) is 6.01. The van der Waals surface area contributed by atoms with Crippen LogP contribution >= 0.6 is 0 Å². The van der Waals surface area contributed by atoms with Crippen molar-refractivity contribution in [1.29, 1.82) is 0 Å². The second-order valence-electron chi connectivity index (χ2n) is 6.01. The third-order valence-corrected chi connectivity index (χ3v) is 4.64. The standard InChI is InChI=1S/C15H26N2O3/c1-2-13-8-4-3-5-10-17(13)15(20)16-9-6-7-12(11-16)14(18)19/h12-13H,2-11H2,1H3,(H,18,19). The Morgan fingerprint density at radius 1 is 1.10 bits per heavy atom. The monoisotopic (exact) mass is 282 g/mol. The Morgan fingerprint density at radius 2 is 1.90 bits per heavy atom. The van der Waals surface area contributed by atoms with E-state index in [1.165, 1.54) is 12.8 Å². The summed E-state index contributed by atoms with van der Waals surface area (Å²) in [6, 6.07) is 0.389. The molecule has 2 unspecified atom stereocenters. The van der Waals surface area contributed by atoms with Crippen molar-refractivity contribution in [3.05, 3.63) is 0 Å². The lowest BCUT2D eigenvalue weighted by molar-refractivity contribution is -0.143. The minimum Gasteiger partial charge on any atom is -0.481 e. The average Bonchev–Trinajstić information content (AvgIpc) is 2.71. The van der Waals surface area contributed by atoms with Crippen molar-refractivity contribution in [2.24, 2.45) is 5.92 Å². The fraction of sp³-hybridized carbons (Fsp3) is 0.867. The third kappa shape index (κ3) is 3.44. The number of amides is 2. The van der Waals surface area contributed by atoms with Crippen LogP contribution in [0.25, 0.3) is 0 Å². The average molecular weight is 282 g/mol. The molecule has 1 N–H and O–H groups in total. The molecule has 2 aliphatic heterocycles. The van der Waals surface area contributed by atoms with Crippen LogP contribution in [-0.4, -0.2) is 52.6 Å². The van der Waals surface area contributed by atoms with Crippen molar-refractivity contribution < 1.29 is 14.7 Å². The first-order valence-electron chi connectivity index (χ1n) is 7.91. The van der Waals surface area contributed by atoms with Crippen LogP contribution in [0, 0.1) is 5.92 Å². The number of hydrogen-bond acceptors (Lipinski definition) is 2. The molecule has 0 aromatic carbocycles. The van der Waals surface area contributed by atoms with Gasteiger partial charge in [-0.3, -0.25) is 4.79 Å². The van der Waals surface area contributed by atoms with Crippen molar-refractivity contribution in [3.63, 3.8) is 0 Å². The lowest BCUT2D eigenvalue weighted by atomic mass is 9.98. The Morgan fingerprint density at radius 3 is 2.60 bits per heavy atom. The van der Waals surface area contributed by atoms with E-state index in [4.69, 9.17) is 5.11 Å². The van der Waals surface area contributed by atoms with Gasteiger partial charge in [0.05, 0.1) is 5.92 Å². The molecule has 0 saturated carbocycles. The first-order valence-corrected chi connectivity index (χ1v) is 7.91. The van der Waals surface area contributed by atoms with Crippen LogP contribution in [0.3, 0.4) is 0 Å². The summed E-state index contributed by atoms with van der Waals surface area (Å²) in [5.74, 6) is -1.16. The number of carbonyl (C=O) groups excluding carboxylic acids is 1. The number of carbonyl (C=O) groups is 2. The molecule has 2 amide bonds. The fourth-order valence-corrected chi connectivity index (χ4v) is 3.39. The van der Waals surface area contributed by atoms with Crippen LogP contribution < -0.4 is 0 Å². The molecule has 2 rings (SSSR count). The molecule has 0 radical (unpaired) electrons. The maximum atomic E-state index is 12.7. The molecule has 20 heavy (non-hydrogen) atoms. The molecular weight excluding hydrogens is 256 g/mol. The van der Waals surface area contributed by atoms with E-state index >= 15 is 0 Å². The predicted molar refractivity (Wildman–Crippen MR) is 76.6 cm³/mol. The molecule has 0 aliphatic carbocycles. The van der Waals surface area contributed by atoms with Gasteiger partial charge in [0.2, 0.25) is 0 Å². The zero-order valence-corrected chi connectivity index (χ0v) is 12.4. The molecule has 2 heterocycles. The van der Waals surface area contributed by atoms with Gasteiger partial charge < -0.3 is 14.9 Å². The lowest BCUT2D eigenvalue weighted by Gasteiger charge is -2.38. The van der Waals surface area contributed by atoms with E-state index in [1.807, 2.05) is 4.90 Å². The summed E-state index contributed by atoms with van der Waals surface area (Å²) < 4.78 is 0. The quantitative estimate of drug-likeness (QED) is 0.846. The smallest absolute Gasteiger partial charge is 0.320 e. The van der Waals surface area contributed by atoms with Crippen molar-refractivity contribution in [1.82, 2.24) is 9.80 Å². The van der Waals surface area contributed by atoms with E-state index in [0.29, 0.717) is 25.6 Å². The van der Waals surface area contributed by atoms with Crippen LogP contribution in [0.4, 0.5) is 4.79 Å². The second kappa shape index (κ2) is 6.95. The van der Waals surface area contributed by atoms with Gasteiger partial charge in [-0.05, 0) is 32.1 Å². The van der Waals surface area contributed by atoms with Crippen LogP contribution in [0.2, 0.25) is 0 Å². The molecule has 2 fully saturated rings. The van der Waals surface area contributed by atoms with Crippen LogP contribution in [0.5, 0.6) is 0 Å². The molecule has 0 bridgehead atoms. The highest BCUT2D eigenvalue weighted by Gasteiger charge is 2.33. The van der Waals surface area contributed by atoms with Gasteiger partial charge >= 0.3 is 12.0 Å². The van der Waals surface area contributed by atoms with Crippen molar-refractivity contribution in [2.45, 2.75) is 57.9 Å². The largest absolute Gasteiger partial charge is 0.481 e. The van der Waals surface area contributed by atoms with E-state index in [9.17, 15) is 9.59 Å². The zero-order valence-electron chi connectivity index (χ0n) is 12.4. The number of nitrogens with zero attached hydrogens (tertiary/aromatic N) is 2. The normalized spacial score (nSPS) is 28.1. The van der Waals surface area contributed by atoms with Crippen LogP contribution in [-0.2, 0) is 4.79 Å². The number of urea groups is 1. The number of carboxylic acid groups (broad SMARTS) is 1. The predicted octanol–water partition coefficient (Wildman–Crippen LogP) is 2.56. The maximum Gasteiger partial charge on any atom is 0.320 e. The Bertz CT molecular complexity index is 359. The van der Waals surface area contributed by atoms with Gasteiger partial charge in [0.1, 0.15) is 0 Å². The molecular formula is C15H26N2O3. The highest BCUT2D eigenvalue weighted by molar-refractivity contribution is 5.77. The molecule has 114 valence electrons. The molecule has 2 saturated heterocycles. The molecule has 2 aliphatic rings. The molecule has 5 heteroatoms. The van der Waals surface area contributed by atoms with E-state index in [2.05, 4.69) is 6.92 Å². The number of likely N-dealkylation sites (tertiary alicyclic amines) is 2. The van der Waals surface area contributed by atoms with Crippen molar-refractivity contribution >= 4 is 12.0 Å². The topological polar surface area (TPSA) is 60.9 Å². The molecule has 0 spiro atoms. The highest BCUT2D eigenvalue weighted by Crippen LogP contribution is 2.23. The van der Waals surface area contributed by atoms with E-state index < -0.39 is 5.97 Å². The fourth-order valence-electron chi connectivity index (χ4n) is 3.39. The highest BCUT2D eigenvalue weighted by atomic mass is 16.4. The summed E-state index contributed by atoms with van der Waals surface area (Å²) in [5, 5.41) is 9.14. The van der Waals surface area contributed by atoms with Gasteiger partial charge in [0, 0.05) is 25.7 Å². The third-order valence-electron chi connectivity index (χ3n) is 4.64. The molecule has 0 aromatic heterocycles. The van der Waals surface area contributed by atoms with E-state index in [1.54, 1.807) is 4.90 Å². The SMILES string of the molecule is CCC1CCCCCN1C(=O)N1CCCC(C(=O)O)C1. The van der Waals surface area contributed by atoms with Gasteiger partial charge in [0.15, 0.2) is 0 Å². The number of hydrogen-bond donors (Lipinski definition) is 1.